The van der Waals surface area contributed by atoms with Gasteiger partial charge in [0.25, 0.3) is 0 Å². The Hall–Kier alpha value is -1.13. The number of aliphatic hydroxyl groups is 1. The number of hydrogen-bond donors (Lipinski definition) is 1. The maximum absolute atomic E-state index is 9.81. The SMILES string of the molecule is Cc1cn(C2CC(C)(O)C2)c2ncnc(Cl)c12. The Morgan fingerprint density at radius 2 is 2.18 bits per heavy atom. The highest BCUT2D eigenvalue weighted by molar-refractivity contribution is 6.34. The zero-order chi connectivity index (χ0) is 12.2. The van der Waals surface area contributed by atoms with Crippen LogP contribution in [0.25, 0.3) is 11.0 Å². The summed E-state index contributed by atoms with van der Waals surface area (Å²) in [5.41, 5.74) is 1.41. The Morgan fingerprint density at radius 3 is 2.82 bits per heavy atom. The van der Waals surface area contributed by atoms with Crippen LogP contribution >= 0.6 is 11.6 Å². The van der Waals surface area contributed by atoms with Crippen LogP contribution in [0.15, 0.2) is 12.5 Å². The van der Waals surface area contributed by atoms with E-state index < -0.39 is 5.60 Å². The van der Waals surface area contributed by atoms with Crippen molar-refractivity contribution in [1.82, 2.24) is 14.5 Å². The molecule has 3 rings (SSSR count). The Bertz CT molecular complexity index is 583. The highest BCUT2D eigenvalue weighted by Gasteiger charge is 2.40. The van der Waals surface area contributed by atoms with Crippen molar-refractivity contribution in [3.8, 4) is 0 Å². The summed E-state index contributed by atoms with van der Waals surface area (Å²) < 4.78 is 2.11. The summed E-state index contributed by atoms with van der Waals surface area (Å²) in [6.07, 6.45) is 5.05. The molecule has 0 spiro atoms. The van der Waals surface area contributed by atoms with Gasteiger partial charge in [-0.3, -0.25) is 0 Å². The minimum atomic E-state index is -0.536. The molecule has 0 atom stereocenters. The van der Waals surface area contributed by atoms with E-state index in [1.54, 1.807) is 0 Å². The van der Waals surface area contributed by atoms with Gasteiger partial charge in [0.15, 0.2) is 0 Å². The van der Waals surface area contributed by atoms with Gasteiger partial charge in [0.1, 0.15) is 17.1 Å². The molecule has 1 aliphatic carbocycles. The summed E-state index contributed by atoms with van der Waals surface area (Å²) in [6, 6.07) is 0.312. The topological polar surface area (TPSA) is 50.9 Å². The van der Waals surface area contributed by atoms with Crippen molar-refractivity contribution in [1.29, 1.82) is 0 Å². The smallest absolute Gasteiger partial charge is 0.145 e. The van der Waals surface area contributed by atoms with Crippen molar-refractivity contribution in [2.45, 2.75) is 38.3 Å². The molecule has 0 saturated heterocycles. The number of aromatic nitrogens is 3. The molecule has 1 aliphatic rings. The van der Waals surface area contributed by atoms with Gasteiger partial charge in [0.05, 0.1) is 11.0 Å². The number of fused-ring (bicyclic) bond motifs is 1. The minimum absolute atomic E-state index is 0.312. The first kappa shape index (κ1) is 11.0. The normalized spacial score (nSPS) is 28.4. The van der Waals surface area contributed by atoms with Crippen molar-refractivity contribution < 1.29 is 5.11 Å². The third-order valence-corrected chi connectivity index (χ3v) is 3.78. The van der Waals surface area contributed by atoms with Gasteiger partial charge in [0.2, 0.25) is 0 Å². The molecular weight excluding hydrogens is 238 g/mol. The molecule has 5 heteroatoms. The molecule has 0 aliphatic heterocycles. The van der Waals surface area contributed by atoms with Crippen LogP contribution in [-0.4, -0.2) is 25.2 Å². The number of aryl methyl sites for hydroxylation is 1. The van der Waals surface area contributed by atoms with Crippen LogP contribution in [0.1, 0.15) is 31.4 Å². The van der Waals surface area contributed by atoms with Gasteiger partial charge in [-0.15, -0.1) is 0 Å². The lowest BCUT2D eigenvalue weighted by atomic mass is 9.77. The third-order valence-electron chi connectivity index (χ3n) is 3.50. The van der Waals surface area contributed by atoms with E-state index >= 15 is 0 Å². The monoisotopic (exact) mass is 251 g/mol. The molecule has 0 aromatic carbocycles. The minimum Gasteiger partial charge on any atom is -0.390 e. The highest BCUT2D eigenvalue weighted by Crippen LogP contribution is 2.43. The Labute approximate surface area is 104 Å². The molecule has 0 radical (unpaired) electrons. The first-order valence-corrected chi connectivity index (χ1v) is 6.06. The van der Waals surface area contributed by atoms with Gasteiger partial charge in [-0.25, -0.2) is 9.97 Å². The van der Waals surface area contributed by atoms with E-state index in [4.69, 9.17) is 11.6 Å². The van der Waals surface area contributed by atoms with E-state index in [-0.39, 0.29) is 0 Å². The fourth-order valence-corrected chi connectivity index (χ4v) is 2.93. The Morgan fingerprint density at radius 1 is 1.47 bits per heavy atom. The van der Waals surface area contributed by atoms with Crippen LogP contribution < -0.4 is 0 Å². The van der Waals surface area contributed by atoms with Crippen LogP contribution in [0.3, 0.4) is 0 Å². The molecule has 2 aromatic heterocycles. The van der Waals surface area contributed by atoms with E-state index in [0.29, 0.717) is 11.2 Å². The van der Waals surface area contributed by atoms with Crippen LogP contribution in [0.5, 0.6) is 0 Å². The molecule has 2 aromatic rings. The van der Waals surface area contributed by atoms with Gasteiger partial charge in [-0.05, 0) is 32.3 Å². The fourth-order valence-electron chi connectivity index (χ4n) is 2.66. The van der Waals surface area contributed by atoms with E-state index in [1.807, 2.05) is 20.0 Å². The number of hydrogen-bond acceptors (Lipinski definition) is 3. The summed E-state index contributed by atoms with van der Waals surface area (Å²) >= 11 is 6.08. The average molecular weight is 252 g/mol. The zero-order valence-electron chi connectivity index (χ0n) is 9.81. The summed E-state index contributed by atoms with van der Waals surface area (Å²) in [4.78, 5) is 8.30. The van der Waals surface area contributed by atoms with Crippen molar-refractivity contribution in [2.75, 3.05) is 0 Å². The van der Waals surface area contributed by atoms with Crippen LogP contribution in [0, 0.1) is 6.92 Å². The number of nitrogens with zero attached hydrogens (tertiary/aromatic N) is 3. The Kier molecular flexibility index (Phi) is 2.22. The summed E-state index contributed by atoms with van der Waals surface area (Å²) in [5, 5.41) is 11.2. The molecule has 1 fully saturated rings. The predicted molar refractivity (Wildman–Crippen MR) is 66.2 cm³/mol. The van der Waals surface area contributed by atoms with Crippen LogP contribution in [0.4, 0.5) is 0 Å². The molecule has 1 saturated carbocycles. The summed E-state index contributed by atoms with van der Waals surface area (Å²) in [5.74, 6) is 0. The van der Waals surface area contributed by atoms with E-state index in [1.165, 1.54) is 6.33 Å². The van der Waals surface area contributed by atoms with Gasteiger partial charge in [-0.2, -0.15) is 0 Å². The zero-order valence-corrected chi connectivity index (χ0v) is 10.6. The second kappa shape index (κ2) is 3.43. The standard InChI is InChI=1S/C12H14ClN3O/c1-7-5-16(8-3-12(2,17)4-8)11-9(7)10(13)14-6-15-11/h5-6,8,17H,3-4H2,1-2H3. The Balaban J connectivity index is 2.10. The first-order chi connectivity index (χ1) is 7.98. The highest BCUT2D eigenvalue weighted by atomic mass is 35.5. The molecule has 1 N–H and O–H groups in total. The number of halogens is 1. The second-order valence-electron chi connectivity index (χ2n) is 5.14. The molecule has 0 bridgehead atoms. The number of rotatable bonds is 1. The van der Waals surface area contributed by atoms with E-state index in [9.17, 15) is 5.11 Å². The van der Waals surface area contributed by atoms with Gasteiger partial charge in [-0.1, -0.05) is 11.6 Å². The lowest BCUT2D eigenvalue weighted by Gasteiger charge is -2.41. The molecule has 4 nitrogen and oxygen atoms in total. The summed E-state index contributed by atoms with van der Waals surface area (Å²) in [6.45, 7) is 3.87. The maximum atomic E-state index is 9.81. The molecule has 0 amide bonds. The lowest BCUT2D eigenvalue weighted by Crippen LogP contribution is -2.41. The van der Waals surface area contributed by atoms with Crippen molar-refractivity contribution in [3.63, 3.8) is 0 Å². The lowest BCUT2D eigenvalue weighted by molar-refractivity contribution is -0.0498. The van der Waals surface area contributed by atoms with E-state index in [0.717, 1.165) is 29.4 Å². The third kappa shape index (κ3) is 1.63. The van der Waals surface area contributed by atoms with Crippen molar-refractivity contribution in [3.05, 3.63) is 23.2 Å². The van der Waals surface area contributed by atoms with E-state index in [2.05, 4.69) is 14.5 Å². The molecule has 2 heterocycles. The first-order valence-electron chi connectivity index (χ1n) is 5.68. The van der Waals surface area contributed by atoms with Gasteiger partial charge in [0, 0.05) is 12.2 Å². The predicted octanol–water partition coefficient (Wildman–Crippen LogP) is 2.48. The van der Waals surface area contributed by atoms with Crippen LogP contribution in [-0.2, 0) is 0 Å². The van der Waals surface area contributed by atoms with Crippen molar-refractivity contribution in [2.24, 2.45) is 0 Å². The fraction of sp³-hybridized carbons (Fsp3) is 0.500. The molecule has 17 heavy (non-hydrogen) atoms. The van der Waals surface area contributed by atoms with Crippen molar-refractivity contribution >= 4 is 22.6 Å². The average Bonchev–Trinajstić information content (AvgIpc) is 2.54. The quantitative estimate of drug-likeness (QED) is 0.793. The molecule has 0 unspecified atom stereocenters. The molecular formula is C12H14ClN3O. The van der Waals surface area contributed by atoms with Gasteiger partial charge >= 0.3 is 0 Å². The maximum Gasteiger partial charge on any atom is 0.145 e. The molecule has 90 valence electrons. The van der Waals surface area contributed by atoms with Gasteiger partial charge < -0.3 is 9.67 Å². The summed E-state index contributed by atoms with van der Waals surface area (Å²) in [7, 11) is 0. The largest absolute Gasteiger partial charge is 0.390 e. The second-order valence-corrected chi connectivity index (χ2v) is 5.50. The van der Waals surface area contributed by atoms with Crippen LogP contribution in [0.2, 0.25) is 5.15 Å².